The molecule has 0 aliphatic carbocycles. The topological polar surface area (TPSA) is 77.5 Å². The maximum Gasteiger partial charge on any atom is 0.338 e. The lowest BCUT2D eigenvalue weighted by Crippen LogP contribution is -2.14. The molecule has 0 aliphatic rings. The third kappa shape index (κ3) is 5.39. The highest BCUT2D eigenvalue weighted by atomic mass is 32.2. The Bertz CT molecular complexity index is 1100. The minimum Gasteiger partial charge on any atom is -0.454 e. The Labute approximate surface area is 169 Å². The van der Waals surface area contributed by atoms with Gasteiger partial charge in [0.25, 0.3) is 0 Å². The van der Waals surface area contributed by atoms with Gasteiger partial charge in [0.2, 0.25) is 0 Å². The van der Waals surface area contributed by atoms with Gasteiger partial charge in [-0.2, -0.15) is 0 Å². The molecular formula is C23H20O5S. The first-order valence-electron chi connectivity index (χ1n) is 8.99. The lowest BCUT2D eigenvalue weighted by atomic mass is 10.1. The summed E-state index contributed by atoms with van der Waals surface area (Å²) < 4.78 is 30.1. The molecule has 3 aromatic carbocycles. The van der Waals surface area contributed by atoms with Crippen molar-refractivity contribution < 1.29 is 22.7 Å². The summed E-state index contributed by atoms with van der Waals surface area (Å²) in [7, 11) is -3.48. The first-order valence-corrected chi connectivity index (χ1v) is 10.6. The highest BCUT2D eigenvalue weighted by Crippen LogP contribution is 2.18. The van der Waals surface area contributed by atoms with E-state index in [2.05, 4.69) is 0 Å². The van der Waals surface area contributed by atoms with Gasteiger partial charge >= 0.3 is 5.97 Å². The second kappa shape index (κ2) is 8.84. The van der Waals surface area contributed by atoms with Crippen LogP contribution in [-0.4, -0.2) is 26.8 Å². The maximum atomic E-state index is 12.5. The van der Waals surface area contributed by atoms with Crippen LogP contribution in [0.15, 0.2) is 83.8 Å². The van der Waals surface area contributed by atoms with Gasteiger partial charge in [0, 0.05) is 5.56 Å². The molecule has 0 fully saturated rings. The van der Waals surface area contributed by atoms with Crippen molar-refractivity contribution in [2.75, 3.05) is 6.61 Å². The van der Waals surface area contributed by atoms with Crippen LogP contribution in [0.2, 0.25) is 0 Å². The summed E-state index contributed by atoms with van der Waals surface area (Å²) in [5.74, 6) is -1.10. The highest BCUT2D eigenvalue weighted by molar-refractivity contribution is 7.90. The van der Waals surface area contributed by atoms with Crippen LogP contribution in [0, 0.1) is 6.92 Å². The largest absolute Gasteiger partial charge is 0.454 e. The van der Waals surface area contributed by atoms with Crippen molar-refractivity contribution >= 4 is 21.6 Å². The Kier molecular flexibility index (Phi) is 6.24. The van der Waals surface area contributed by atoms with Crippen molar-refractivity contribution in [1.29, 1.82) is 0 Å². The fourth-order valence-electron chi connectivity index (χ4n) is 2.71. The molecule has 0 unspecified atom stereocenters. The molecule has 6 heteroatoms. The van der Waals surface area contributed by atoms with Crippen LogP contribution < -0.4 is 0 Å². The average Bonchev–Trinajstić information content (AvgIpc) is 2.73. The number of esters is 1. The Hall–Kier alpha value is -3.25. The molecule has 0 aliphatic heterocycles. The van der Waals surface area contributed by atoms with E-state index in [1.807, 2.05) is 6.92 Å². The van der Waals surface area contributed by atoms with Gasteiger partial charge in [-0.25, -0.2) is 13.2 Å². The molecule has 0 N–H and O–H groups in total. The summed E-state index contributed by atoms with van der Waals surface area (Å²) >= 11 is 0. The first-order chi connectivity index (χ1) is 13.8. The van der Waals surface area contributed by atoms with E-state index >= 15 is 0 Å². The lowest BCUT2D eigenvalue weighted by molar-refractivity contribution is 0.0475. The molecular weight excluding hydrogens is 388 g/mol. The van der Waals surface area contributed by atoms with Crippen LogP contribution >= 0.6 is 0 Å². The van der Waals surface area contributed by atoms with E-state index in [1.54, 1.807) is 66.7 Å². The van der Waals surface area contributed by atoms with Crippen LogP contribution in [0.3, 0.4) is 0 Å². The van der Waals surface area contributed by atoms with Gasteiger partial charge in [-0.05, 0) is 36.8 Å². The number of benzene rings is 3. The SMILES string of the molecule is Cc1ccc(S(=O)(=O)Cc2ccc(C(=O)OCC(=O)c3ccccc3)cc2)cc1. The number of carbonyl (C=O) groups is 2. The molecule has 0 amide bonds. The maximum absolute atomic E-state index is 12.5. The number of hydrogen-bond acceptors (Lipinski definition) is 5. The quantitative estimate of drug-likeness (QED) is 0.436. The Morgan fingerprint density at radius 3 is 2.03 bits per heavy atom. The Balaban J connectivity index is 1.61. The smallest absolute Gasteiger partial charge is 0.338 e. The number of Topliss-reactive ketones (excluding diaryl/α,β-unsaturated/α-hetero) is 1. The summed E-state index contributed by atoms with van der Waals surface area (Å²) in [5, 5.41) is 0. The van der Waals surface area contributed by atoms with Crippen molar-refractivity contribution in [3.63, 3.8) is 0 Å². The summed E-state index contributed by atoms with van der Waals surface area (Å²) in [5.41, 5.74) is 2.26. The zero-order chi connectivity index (χ0) is 20.9. The van der Waals surface area contributed by atoms with Gasteiger partial charge in [-0.1, -0.05) is 60.2 Å². The van der Waals surface area contributed by atoms with Crippen LogP contribution in [-0.2, 0) is 20.3 Å². The predicted molar refractivity (Wildman–Crippen MR) is 110 cm³/mol. The molecule has 0 heterocycles. The normalized spacial score (nSPS) is 11.1. The predicted octanol–water partition coefficient (Wildman–Crippen LogP) is 4.01. The van der Waals surface area contributed by atoms with E-state index in [-0.39, 0.29) is 28.6 Å². The van der Waals surface area contributed by atoms with Gasteiger partial charge < -0.3 is 4.74 Å². The lowest BCUT2D eigenvalue weighted by Gasteiger charge is -2.07. The van der Waals surface area contributed by atoms with Gasteiger partial charge in [0.1, 0.15) is 0 Å². The number of hydrogen-bond donors (Lipinski definition) is 0. The number of ketones is 1. The monoisotopic (exact) mass is 408 g/mol. The van der Waals surface area contributed by atoms with E-state index in [9.17, 15) is 18.0 Å². The number of carbonyl (C=O) groups excluding carboxylic acids is 2. The second-order valence-corrected chi connectivity index (χ2v) is 8.62. The molecule has 0 saturated carbocycles. The van der Waals surface area contributed by atoms with Crippen molar-refractivity contribution in [3.8, 4) is 0 Å². The van der Waals surface area contributed by atoms with Crippen molar-refractivity contribution in [2.24, 2.45) is 0 Å². The van der Waals surface area contributed by atoms with E-state index in [1.165, 1.54) is 12.1 Å². The zero-order valence-electron chi connectivity index (χ0n) is 15.9. The van der Waals surface area contributed by atoms with Gasteiger partial charge in [-0.15, -0.1) is 0 Å². The van der Waals surface area contributed by atoms with Crippen molar-refractivity contribution in [3.05, 3.63) is 101 Å². The van der Waals surface area contributed by atoms with Crippen molar-refractivity contribution in [2.45, 2.75) is 17.6 Å². The minimum absolute atomic E-state index is 0.169. The molecule has 148 valence electrons. The summed E-state index contributed by atoms with van der Waals surface area (Å²) in [6.45, 7) is 1.54. The summed E-state index contributed by atoms with van der Waals surface area (Å²) in [4.78, 5) is 24.4. The molecule has 0 aromatic heterocycles. The van der Waals surface area contributed by atoms with Gasteiger partial charge in [0.15, 0.2) is 22.2 Å². The van der Waals surface area contributed by atoms with E-state index < -0.39 is 15.8 Å². The van der Waals surface area contributed by atoms with Gasteiger partial charge in [0.05, 0.1) is 16.2 Å². The molecule has 0 atom stereocenters. The minimum atomic E-state index is -3.48. The molecule has 5 nitrogen and oxygen atoms in total. The first kappa shape index (κ1) is 20.5. The fraction of sp³-hybridized carbons (Fsp3) is 0.130. The highest BCUT2D eigenvalue weighted by Gasteiger charge is 2.16. The van der Waals surface area contributed by atoms with Crippen LogP contribution in [0.4, 0.5) is 0 Å². The van der Waals surface area contributed by atoms with Crippen LogP contribution in [0.1, 0.15) is 31.8 Å². The van der Waals surface area contributed by atoms with E-state index in [0.717, 1.165) is 5.56 Å². The second-order valence-electron chi connectivity index (χ2n) is 6.63. The molecule has 3 rings (SSSR count). The molecule has 29 heavy (non-hydrogen) atoms. The Morgan fingerprint density at radius 2 is 1.41 bits per heavy atom. The molecule has 3 aromatic rings. The number of rotatable bonds is 7. The summed E-state index contributed by atoms with van der Waals surface area (Å²) in [6, 6.07) is 21.4. The standard InChI is InChI=1S/C23H20O5S/c1-17-7-13-21(14-8-17)29(26,27)16-18-9-11-20(12-10-18)23(25)28-15-22(24)19-5-3-2-4-6-19/h2-14H,15-16H2,1H3. The van der Waals surface area contributed by atoms with Gasteiger partial charge in [-0.3, -0.25) is 4.79 Å². The zero-order valence-corrected chi connectivity index (χ0v) is 16.7. The van der Waals surface area contributed by atoms with E-state index in [4.69, 9.17) is 4.74 Å². The Morgan fingerprint density at radius 1 is 0.793 bits per heavy atom. The molecule has 0 radical (unpaired) electrons. The summed E-state index contributed by atoms with van der Waals surface area (Å²) in [6.07, 6.45) is 0. The van der Waals surface area contributed by atoms with Crippen LogP contribution in [0.5, 0.6) is 0 Å². The number of sulfone groups is 1. The van der Waals surface area contributed by atoms with Crippen molar-refractivity contribution in [1.82, 2.24) is 0 Å². The number of aryl methyl sites for hydroxylation is 1. The van der Waals surface area contributed by atoms with Crippen LogP contribution in [0.25, 0.3) is 0 Å². The van der Waals surface area contributed by atoms with E-state index in [0.29, 0.717) is 11.1 Å². The molecule has 0 bridgehead atoms. The third-order valence-corrected chi connectivity index (χ3v) is 6.06. The fourth-order valence-corrected chi connectivity index (χ4v) is 4.06. The molecule has 0 spiro atoms. The number of ether oxygens (including phenoxy) is 1. The average molecular weight is 408 g/mol. The molecule has 0 saturated heterocycles. The third-order valence-electron chi connectivity index (χ3n) is 4.36.